The highest BCUT2D eigenvalue weighted by atomic mass is 16.5. The highest BCUT2D eigenvalue weighted by molar-refractivity contribution is 5.77. The summed E-state index contributed by atoms with van der Waals surface area (Å²) in [5.41, 5.74) is 5.55. The van der Waals surface area contributed by atoms with Crippen LogP contribution < -0.4 is 5.73 Å². The molecule has 1 rings (SSSR count). The number of rotatable bonds is 3. The Hall–Kier alpha value is -0.610. The van der Waals surface area contributed by atoms with E-state index in [-0.39, 0.29) is 18.1 Å². The zero-order valence-electron chi connectivity index (χ0n) is 8.32. The number of carbonyl (C=O) groups is 1. The predicted molar refractivity (Wildman–Crippen MR) is 50.3 cm³/mol. The van der Waals surface area contributed by atoms with Crippen LogP contribution >= 0.6 is 0 Å². The van der Waals surface area contributed by atoms with Crippen molar-refractivity contribution in [2.45, 2.75) is 31.9 Å². The van der Waals surface area contributed by atoms with Gasteiger partial charge in [-0.3, -0.25) is 4.79 Å². The molecule has 2 N–H and O–H groups in total. The van der Waals surface area contributed by atoms with E-state index in [1.54, 1.807) is 7.11 Å². The van der Waals surface area contributed by atoms with Gasteiger partial charge in [0.1, 0.15) is 0 Å². The van der Waals surface area contributed by atoms with Crippen LogP contribution in [0.5, 0.6) is 0 Å². The molecule has 0 aromatic rings. The molecular weight excluding hydrogens is 168 g/mol. The summed E-state index contributed by atoms with van der Waals surface area (Å²) < 4.78 is 5.17. The van der Waals surface area contributed by atoms with E-state index in [9.17, 15) is 4.79 Å². The third-order valence-electron chi connectivity index (χ3n) is 2.33. The van der Waals surface area contributed by atoms with Crippen molar-refractivity contribution in [1.82, 2.24) is 4.90 Å². The number of amides is 1. The number of hydrogen-bond acceptors (Lipinski definition) is 3. The van der Waals surface area contributed by atoms with E-state index in [4.69, 9.17) is 10.5 Å². The minimum absolute atomic E-state index is 0.0471. The molecule has 1 aliphatic rings. The molecule has 1 aliphatic heterocycles. The lowest BCUT2D eigenvalue weighted by molar-refractivity contribution is -0.130. The molecule has 1 saturated heterocycles. The van der Waals surface area contributed by atoms with Gasteiger partial charge in [-0.05, 0) is 13.3 Å². The Kier molecular flexibility index (Phi) is 3.69. The Morgan fingerprint density at radius 1 is 1.77 bits per heavy atom. The zero-order valence-corrected chi connectivity index (χ0v) is 8.32. The molecule has 0 aromatic heterocycles. The number of nitrogens with zero attached hydrogens (tertiary/aromatic N) is 1. The summed E-state index contributed by atoms with van der Waals surface area (Å²) in [6, 6.07) is -0.0471. The number of likely N-dealkylation sites (tertiary alicyclic amines) is 1. The van der Waals surface area contributed by atoms with E-state index in [0.29, 0.717) is 6.42 Å². The normalized spacial score (nSPS) is 24.8. The SMILES string of the molecule is COC1CCN(C(=O)CC(C)N)C1. The summed E-state index contributed by atoms with van der Waals surface area (Å²) in [5, 5.41) is 0. The van der Waals surface area contributed by atoms with Gasteiger partial charge in [-0.1, -0.05) is 0 Å². The number of carbonyl (C=O) groups excluding carboxylic acids is 1. The fraction of sp³-hybridized carbons (Fsp3) is 0.889. The second kappa shape index (κ2) is 4.58. The largest absolute Gasteiger partial charge is 0.380 e. The molecule has 1 fully saturated rings. The second-order valence-electron chi connectivity index (χ2n) is 3.67. The van der Waals surface area contributed by atoms with Crippen LogP contribution in [-0.2, 0) is 9.53 Å². The molecule has 0 bridgehead atoms. The van der Waals surface area contributed by atoms with E-state index in [2.05, 4.69) is 0 Å². The molecule has 2 unspecified atom stereocenters. The number of ether oxygens (including phenoxy) is 1. The van der Waals surface area contributed by atoms with Crippen molar-refractivity contribution in [3.05, 3.63) is 0 Å². The Balaban J connectivity index is 2.33. The molecule has 4 nitrogen and oxygen atoms in total. The van der Waals surface area contributed by atoms with Crippen molar-refractivity contribution in [2.75, 3.05) is 20.2 Å². The third-order valence-corrected chi connectivity index (χ3v) is 2.33. The molecule has 0 radical (unpaired) electrons. The number of methoxy groups -OCH3 is 1. The maximum absolute atomic E-state index is 11.5. The number of nitrogens with two attached hydrogens (primary N) is 1. The average molecular weight is 186 g/mol. The molecule has 1 heterocycles. The van der Waals surface area contributed by atoms with Gasteiger partial charge < -0.3 is 15.4 Å². The van der Waals surface area contributed by atoms with Crippen molar-refractivity contribution in [1.29, 1.82) is 0 Å². The van der Waals surface area contributed by atoms with E-state index in [1.165, 1.54) is 0 Å². The Morgan fingerprint density at radius 2 is 2.46 bits per heavy atom. The summed E-state index contributed by atoms with van der Waals surface area (Å²) >= 11 is 0. The third kappa shape index (κ3) is 2.97. The van der Waals surface area contributed by atoms with Crippen molar-refractivity contribution in [2.24, 2.45) is 5.73 Å². The van der Waals surface area contributed by atoms with Crippen LogP contribution in [0.2, 0.25) is 0 Å². The Morgan fingerprint density at radius 3 is 2.92 bits per heavy atom. The van der Waals surface area contributed by atoms with Crippen molar-refractivity contribution in [3.63, 3.8) is 0 Å². The molecule has 76 valence electrons. The van der Waals surface area contributed by atoms with Crippen molar-refractivity contribution < 1.29 is 9.53 Å². The quantitative estimate of drug-likeness (QED) is 0.673. The molecular formula is C9H18N2O2. The Bertz CT molecular complexity index is 182. The smallest absolute Gasteiger partial charge is 0.224 e. The minimum atomic E-state index is -0.0471. The van der Waals surface area contributed by atoms with Gasteiger partial charge in [-0.15, -0.1) is 0 Å². The van der Waals surface area contributed by atoms with Gasteiger partial charge in [0.15, 0.2) is 0 Å². The first-order valence-electron chi connectivity index (χ1n) is 4.69. The highest BCUT2D eigenvalue weighted by Gasteiger charge is 2.25. The van der Waals surface area contributed by atoms with Gasteiger partial charge in [-0.2, -0.15) is 0 Å². The molecule has 0 saturated carbocycles. The lowest BCUT2D eigenvalue weighted by Gasteiger charge is -2.17. The standard InChI is InChI=1S/C9H18N2O2/c1-7(10)5-9(12)11-4-3-8(6-11)13-2/h7-8H,3-6,10H2,1-2H3. The topological polar surface area (TPSA) is 55.6 Å². The van der Waals surface area contributed by atoms with Crippen LogP contribution in [0.3, 0.4) is 0 Å². The molecule has 0 spiro atoms. The van der Waals surface area contributed by atoms with Gasteiger partial charge in [0.2, 0.25) is 5.91 Å². The maximum atomic E-state index is 11.5. The average Bonchev–Trinajstić information content (AvgIpc) is 2.50. The van der Waals surface area contributed by atoms with E-state index >= 15 is 0 Å². The maximum Gasteiger partial charge on any atom is 0.224 e. The van der Waals surface area contributed by atoms with E-state index in [0.717, 1.165) is 19.5 Å². The van der Waals surface area contributed by atoms with Crippen LogP contribution in [-0.4, -0.2) is 43.2 Å². The van der Waals surface area contributed by atoms with Gasteiger partial charge in [0.05, 0.1) is 6.10 Å². The van der Waals surface area contributed by atoms with Crippen molar-refractivity contribution in [3.8, 4) is 0 Å². The van der Waals surface area contributed by atoms with Gasteiger partial charge in [0, 0.05) is 32.7 Å². The summed E-state index contributed by atoms with van der Waals surface area (Å²) in [6.07, 6.45) is 1.61. The Labute approximate surface area is 79.0 Å². The summed E-state index contributed by atoms with van der Waals surface area (Å²) in [5.74, 6) is 0.148. The fourth-order valence-electron chi connectivity index (χ4n) is 1.55. The highest BCUT2D eigenvalue weighted by Crippen LogP contribution is 2.12. The summed E-state index contributed by atoms with van der Waals surface area (Å²) in [4.78, 5) is 13.3. The van der Waals surface area contributed by atoms with Gasteiger partial charge >= 0.3 is 0 Å². The van der Waals surface area contributed by atoms with E-state index in [1.807, 2.05) is 11.8 Å². The second-order valence-corrected chi connectivity index (χ2v) is 3.67. The van der Waals surface area contributed by atoms with Gasteiger partial charge in [-0.25, -0.2) is 0 Å². The first-order valence-corrected chi connectivity index (χ1v) is 4.69. The minimum Gasteiger partial charge on any atom is -0.380 e. The van der Waals surface area contributed by atoms with Crippen molar-refractivity contribution >= 4 is 5.91 Å². The molecule has 1 amide bonds. The first kappa shape index (κ1) is 10.5. The lowest BCUT2D eigenvalue weighted by Crippen LogP contribution is -2.33. The fourth-order valence-corrected chi connectivity index (χ4v) is 1.55. The van der Waals surface area contributed by atoms with E-state index < -0.39 is 0 Å². The monoisotopic (exact) mass is 186 g/mol. The van der Waals surface area contributed by atoms with Crippen LogP contribution in [0.4, 0.5) is 0 Å². The molecule has 0 aliphatic carbocycles. The predicted octanol–water partition coefficient (Wildman–Crippen LogP) is -0.0290. The van der Waals surface area contributed by atoms with Crippen LogP contribution in [0, 0.1) is 0 Å². The van der Waals surface area contributed by atoms with Gasteiger partial charge in [0.25, 0.3) is 0 Å². The van der Waals surface area contributed by atoms with Crippen LogP contribution in [0.15, 0.2) is 0 Å². The molecule has 13 heavy (non-hydrogen) atoms. The first-order chi connectivity index (χ1) is 6.13. The molecule has 4 heteroatoms. The lowest BCUT2D eigenvalue weighted by atomic mass is 10.2. The molecule has 0 aromatic carbocycles. The van der Waals surface area contributed by atoms with Crippen LogP contribution in [0.25, 0.3) is 0 Å². The molecule has 2 atom stereocenters. The summed E-state index contributed by atoms with van der Waals surface area (Å²) in [7, 11) is 1.68. The zero-order chi connectivity index (χ0) is 9.84. The number of hydrogen-bond donors (Lipinski definition) is 1. The van der Waals surface area contributed by atoms with Crippen LogP contribution in [0.1, 0.15) is 19.8 Å². The summed E-state index contributed by atoms with van der Waals surface area (Å²) in [6.45, 7) is 3.38.